The maximum Gasteiger partial charge on any atom is 0.318 e. The summed E-state index contributed by atoms with van der Waals surface area (Å²) in [5.41, 5.74) is 0.728. The molecule has 2 aromatic rings. The fraction of sp³-hybridized carbons (Fsp3) is 0.444. The highest BCUT2D eigenvalue weighted by atomic mass is 35.5. The molecule has 0 radical (unpaired) electrons. The summed E-state index contributed by atoms with van der Waals surface area (Å²) in [7, 11) is 0. The fourth-order valence-electron chi connectivity index (χ4n) is 3.16. The second-order valence-corrected chi connectivity index (χ2v) is 7.35. The number of carboxylic acid groups (broad SMARTS) is 1. The van der Waals surface area contributed by atoms with Crippen LogP contribution in [0.15, 0.2) is 28.8 Å². The van der Waals surface area contributed by atoms with E-state index >= 15 is 0 Å². The summed E-state index contributed by atoms with van der Waals surface area (Å²) in [6.45, 7) is 4.40. The number of aromatic nitrogens is 2. The summed E-state index contributed by atoms with van der Waals surface area (Å²) < 4.78 is 5.26. The number of halogens is 1. The Labute approximate surface area is 161 Å². The first-order chi connectivity index (χ1) is 12.8. The first kappa shape index (κ1) is 19.2. The minimum Gasteiger partial charge on any atom is -0.481 e. The van der Waals surface area contributed by atoms with Crippen molar-refractivity contribution in [1.29, 1.82) is 0 Å². The minimum atomic E-state index is -0.877. The van der Waals surface area contributed by atoms with Crippen LogP contribution in [0.2, 0.25) is 5.02 Å². The van der Waals surface area contributed by atoms with E-state index in [0.29, 0.717) is 29.7 Å². The van der Waals surface area contributed by atoms with E-state index in [1.165, 1.54) is 4.90 Å². The Hall–Kier alpha value is -2.61. The van der Waals surface area contributed by atoms with Crippen LogP contribution in [0.3, 0.4) is 0 Å². The number of nitrogens with one attached hydrogen (secondary N) is 1. The van der Waals surface area contributed by atoms with Gasteiger partial charge in [-0.2, -0.15) is 4.98 Å². The van der Waals surface area contributed by atoms with E-state index in [9.17, 15) is 14.7 Å². The molecule has 3 atom stereocenters. The molecule has 3 rings (SSSR count). The molecule has 1 aliphatic heterocycles. The number of amides is 2. The van der Waals surface area contributed by atoms with Crippen molar-refractivity contribution >= 4 is 23.6 Å². The number of carbonyl (C=O) groups is 2. The molecule has 1 fully saturated rings. The number of rotatable bonds is 4. The summed E-state index contributed by atoms with van der Waals surface area (Å²) in [4.78, 5) is 29.7. The zero-order valence-electron chi connectivity index (χ0n) is 15.1. The quantitative estimate of drug-likeness (QED) is 0.826. The van der Waals surface area contributed by atoms with Crippen LogP contribution >= 0.6 is 11.6 Å². The van der Waals surface area contributed by atoms with Crippen molar-refractivity contribution in [1.82, 2.24) is 20.4 Å². The van der Waals surface area contributed by atoms with Crippen LogP contribution in [0.25, 0.3) is 11.5 Å². The molecule has 1 aromatic heterocycles. The number of hydrogen-bond donors (Lipinski definition) is 2. The summed E-state index contributed by atoms with van der Waals surface area (Å²) in [5, 5.41) is 16.6. The molecule has 1 aliphatic rings. The molecule has 0 aliphatic carbocycles. The molecular weight excluding hydrogens is 372 g/mol. The van der Waals surface area contributed by atoms with Crippen molar-refractivity contribution < 1.29 is 19.2 Å². The zero-order valence-corrected chi connectivity index (χ0v) is 15.8. The number of carbonyl (C=O) groups excluding carboxylic acids is 1. The smallest absolute Gasteiger partial charge is 0.318 e. The SMILES string of the molecule is CC1CC(C(=O)O)CN(C(=O)NC(C)c2noc(-c3ccc(Cl)cc3)n2)C1. The van der Waals surface area contributed by atoms with Gasteiger partial charge in [0.1, 0.15) is 0 Å². The highest BCUT2D eigenvalue weighted by molar-refractivity contribution is 6.30. The fourth-order valence-corrected chi connectivity index (χ4v) is 3.28. The van der Waals surface area contributed by atoms with Gasteiger partial charge in [0, 0.05) is 23.7 Å². The van der Waals surface area contributed by atoms with Crippen LogP contribution in [0.5, 0.6) is 0 Å². The van der Waals surface area contributed by atoms with Crippen LogP contribution in [0.1, 0.15) is 32.1 Å². The number of hydrogen-bond acceptors (Lipinski definition) is 5. The van der Waals surface area contributed by atoms with Crippen molar-refractivity contribution in [3.63, 3.8) is 0 Å². The van der Waals surface area contributed by atoms with E-state index in [2.05, 4.69) is 15.5 Å². The van der Waals surface area contributed by atoms with Crippen LogP contribution in [-0.2, 0) is 4.79 Å². The number of benzene rings is 1. The molecule has 2 N–H and O–H groups in total. The number of piperidine rings is 1. The maximum atomic E-state index is 12.5. The molecule has 1 saturated heterocycles. The van der Waals surface area contributed by atoms with Gasteiger partial charge in [-0.3, -0.25) is 4.79 Å². The molecule has 0 spiro atoms. The normalized spacial score (nSPS) is 20.9. The van der Waals surface area contributed by atoms with Crippen LogP contribution in [0.4, 0.5) is 4.79 Å². The van der Waals surface area contributed by atoms with E-state index < -0.39 is 17.9 Å². The number of likely N-dealkylation sites (tertiary alicyclic amines) is 1. The third kappa shape index (κ3) is 4.57. The standard InChI is InChI=1S/C18H21ClN4O4/c1-10-7-13(17(24)25)9-23(8-10)18(26)20-11(2)15-21-16(27-22-15)12-3-5-14(19)6-4-12/h3-6,10-11,13H,7-9H2,1-2H3,(H,20,26)(H,24,25). The van der Waals surface area contributed by atoms with E-state index in [-0.39, 0.29) is 18.5 Å². The van der Waals surface area contributed by atoms with Gasteiger partial charge in [-0.1, -0.05) is 23.7 Å². The summed E-state index contributed by atoms with van der Waals surface area (Å²) in [5.74, 6) is -0.620. The van der Waals surface area contributed by atoms with Crippen molar-refractivity contribution in [2.24, 2.45) is 11.8 Å². The third-order valence-electron chi connectivity index (χ3n) is 4.56. The van der Waals surface area contributed by atoms with Crippen LogP contribution < -0.4 is 5.32 Å². The highest BCUT2D eigenvalue weighted by Gasteiger charge is 2.32. The van der Waals surface area contributed by atoms with Crippen molar-refractivity contribution in [3.8, 4) is 11.5 Å². The first-order valence-corrected chi connectivity index (χ1v) is 9.09. The lowest BCUT2D eigenvalue weighted by atomic mass is 9.91. The summed E-state index contributed by atoms with van der Waals surface area (Å²) >= 11 is 5.87. The molecule has 0 saturated carbocycles. The summed E-state index contributed by atoms with van der Waals surface area (Å²) in [6.07, 6.45) is 0.573. The largest absolute Gasteiger partial charge is 0.481 e. The first-order valence-electron chi connectivity index (χ1n) is 8.71. The molecule has 2 heterocycles. The lowest BCUT2D eigenvalue weighted by Gasteiger charge is -2.35. The van der Waals surface area contributed by atoms with Gasteiger partial charge in [-0.05, 0) is 43.5 Å². The van der Waals surface area contributed by atoms with Gasteiger partial charge in [0.05, 0.1) is 12.0 Å². The van der Waals surface area contributed by atoms with Gasteiger partial charge < -0.3 is 19.8 Å². The van der Waals surface area contributed by atoms with Gasteiger partial charge in [-0.15, -0.1) is 0 Å². The topological polar surface area (TPSA) is 109 Å². The van der Waals surface area contributed by atoms with Gasteiger partial charge in [-0.25, -0.2) is 4.79 Å². The Morgan fingerprint density at radius 1 is 1.33 bits per heavy atom. The average Bonchev–Trinajstić information content (AvgIpc) is 3.12. The van der Waals surface area contributed by atoms with E-state index in [1.54, 1.807) is 31.2 Å². The van der Waals surface area contributed by atoms with Gasteiger partial charge >= 0.3 is 12.0 Å². The van der Waals surface area contributed by atoms with Crippen LogP contribution in [0, 0.1) is 11.8 Å². The van der Waals surface area contributed by atoms with Crippen molar-refractivity contribution in [2.45, 2.75) is 26.3 Å². The number of urea groups is 1. The van der Waals surface area contributed by atoms with E-state index in [1.807, 2.05) is 6.92 Å². The Kier molecular flexibility index (Phi) is 5.65. The third-order valence-corrected chi connectivity index (χ3v) is 4.81. The van der Waals surface area contributed by atoms with Crippen LogP contribution in [-0.4, -0.2) is 45.2 Å². The second-order valence-electron chi connectivity index (χ2n) is 6.92. The second kappa shape index (κ2) is 7.96. The highest BCUT2D eigenvalue weighted by Crippen LogP contribution is 2.23. The maximum absolute atomic E-state index is 12.5. The Morgan fingerprint density at radius 2 is 2.04 bits per heavy atom. The molecule has 3 unspecified atom stereocenters. The minimum absolute atomic E-state index is 0.127. The van der Waals surface area contributed by atoms with E-state index in [0.717, 1.165) is 5.56 Å². The average molecular weight is 393 g/mol. The Balaban J connectivity index is 1.64. The molecule has 27 heavy (non-hydrogen) atoms. The predicted octanol–water partition coefficient (Wildman–Crippen LogP) is 3.20. The van der Waals surface area contributed by atoms with E-state index in [4.69, 9.17) is 16.1 Å². The zero-order chi connectivity index (χ0) is 19.6. The Morgan fingerprint density at radius 3 is 2.70 bits per heavy atom. The monoisotopic (exact) mass is 392 g/mol. The predicted molar refractivity (Wildman–Crippen MR) is 98.2 cm³/mol. The lowest BCUT2D eigenvalue weighted by molar-refractivity contribution is -0.143. The van der Waals surface area contributed by atoms with Crippen molar-refractivity contribution in [3.05, 3.63) is 35.1 Å². The molecule has 2 amide bonds. The molecule has 9 heteroatoms. The molecule has 8 nitrogen and oxygen atoms in total. The molecular formula is C18H21ClN4O4. The Bertz CT molecular complexity index is 823. The molecule has 0 bridgehead atoms. The number of aliphatic carboxylic acids is 1. The van der Waals surface area contributed by atoms with Gasteiger partial charge in [0.25, 0.3) is 5.89 Å². The van der Waals surface area contributed by atoms with Crippen molar-refractivity contribution in [2.75, 3.05) is 13.1 Å². The molecule has 144 valence electrons. The van der Waals surface area contributed by atoms with Gasteiger partial charge in [0.15, 0.2) is 5.82 Å². The number of carboxylic acids is 1. The lowest BCUT2D eigenvalue weighted by Crippen LogP contribution is -2.50. The molecule has 1 aromatic carbocycles. The van der Waals surface area contributed by atoms with Gasteiger partial charge in [0.2, 0.25) is 0 Å². The number of nitrogens with zero attached hydrogens (tertiary/aromatic N) is 3. The summed E-state index contributed by atoms with van der Waals surface area (Å²) in [6, 6.07) is 6.17.